The van der Waals surface area contributed by atoms with Gasteiger partial charge in [-0.25, -0.2) is 4.79 Å². The van der Waals surface area contributed by atoms with Crippen LogP contribution >= 0.6 is 0 Å². The monoisotopic (exact) mass is 283 g/mol. The number of hydrogen-bond donors (Lipinski definition) is 0. The summed E-state index contributed by atoms with van der Waals surface area (Å²) < 4.78 is 42.2. The zero-order valence-electron chi connectivity index (χ0n) is 10.6. The van der Waals surface area contributed by atoms with Crippen LogP contribution in [0.5, 0.6) is 0 Å². The lowest BCUT2D eigenvalue weighted by molar-refractivity contribution is -0.137. The maximum atomic E-state index is 12.5. The van der Waals surface area contributed by atoms with Gasteiger partial charge in [0.1, 0.15) is 0 Å². The van der Waals surface area contributed by atoms with Crippen LogP contribution in [0.15, 0.2) is 48.7 Å². The number of hydrogen-bond acceptors (Lipinski definition) is 2. The van der Waals surface area contributed by atoms with Gasteiger partial charge in [0.2, 0.25) is 0 Å². The Morgan fingerprint density at radius 3 is 2.40 bits per heavy atom. The molecule has 106 valence electrons. The van der Waals surface area contributed by atoms with Crippen molar-refractivity contribution in [1.82, 2.24) is 4.90 Å². The van der Waals surface area contributed by atoms with Crippen molar-refractivity contribution in [3.05, 3.63) is 59.8 Å². The van der Waals surface area contributed by atoms with Gasteiger partial charge < -0.3 is 4.74 Å². The van der Waals surface area contributed by atoms with Crippen LogP contribution in [-0.4, -0.2) is 18.1 Å². The second-order valence-electron chi connectivity index (χ2n) is 4.17. The highest BCUT2D eigenvalue weighted by Crippen LogP contribution is 2.32. The van der Waals surface area contributed by atoms with Gasteiger partial charge in [-0.15, -0.1) is 0 Å². The van der Waals surface area contributed by atoms with Crippen LogP contribution < -0.4 is 0 Å². The lowest BCUT2D eigenvalue weighted by atomic mass is 10.0. The molecule has 1 unspecified atom stereocenters. The molecule has 0 N–H and O–H groups in total. The van der Waals surface area contributed by atoms with Gasteiger partial charge in [0, 0.05) is 6.20 Å². The maximum Gasteiger partial charge on any atom is 0.416 e. The number of ether oxygens (including phenoxy) is 1. The van der Waals surface area contributed by atoms with E-state index < -0.39 is 23.9 Å². The van der Waals surface area contributed by atoms with Gasteiger partial charge in [0.05, 0.1) is 18.7 Å². The Hall–Kier alpha value is -2.24. The van der Waals surface area contributed by atoms with Crippen molar-refractivity contribution >= 4 is 6.09 Å². The van der Waals surface area contributed by atoms with E-state index >= 15 is 0 Å². The van der Waals surface area contributed by atoms with E-state index in [1.54, 1.807) is 18.2 Å². The minimum atomic E-state index is -4.37. The SMILES string of the molecule is COC(=O)N1C=CC=CC1c1ccc(C(F)(F)F)cc1. The molecule has 0 aromatic heterocycles. The highest BCUT2D eigenvalue weighted by atomic mass is 19.4. The number of alkyl halides is 3. The van der Waals surface area contributed by atoms with Crippen molar-refractivity contribution in [3.63, 3.8) is 0 Å². The molecule has 1 aromatic carbocycles. The highest BCUT2D eigenvalue weighted by Gasteiger charge is 2.31. The fourth-order valence-electron chi connectivity index (χ4n) is 1.92. The van der Waals surface area contributed by atoms with Crippen molar-refractivity contribution in [2.45, 2.75) is 12.2 Å². The van der Waals surface area contributed by atoms with E-state index in [1.165, 1.54) is 30.3 Å². The minimum Gasteiger partial charge on any atom is -0.452 e. The van der Waals surface area contributed by atoms with Crippen molar-refractivity contribution in [2.24, 2.45) is 0 Å². The van der Waals surface area contributed by atoms with E-state index in [0.717, 1.165) is 12.1 Å². The molecule has 0 saturated heterocycles. The first-order chi connectivity index (χ1) is 9.43. The fraction of sp³-hybridized carbons (Fsp3) is 0.214. The third kappa shape index (κ3) is 2.84. The predicted octanol–water partition coefficient (Wildman–Crippen LogP) is 3.90. The van der Waals surface area contributed by atoms with Crippen LogP contribution in [0.3, 0.4) is 0 Å². The number of halogens is 3. The first-order valence-electron chi connectivity index (χ1n) is 5.82. The molecule has 1 atom stereocenters. The van der Waals surface area contributed by atoms with Crippen molar-refractivity contribution in [3.8, 4) is 0 Å². The Morgan fingerprint density at radius 2 is 1.85 bits per heavy atom. The number of carbonyl (C=O) groups excluding carboxylic acids is 1. The number of rotatable bonds is 1. The molecule has 6 heteroatoms. The molecule has 1 amide bonds. The molecule has 0 radical (unpaired) electrons. The first kappa shape index (κ1) is 14.2. The molecule has 0 spiro atoms. The van der Waals surface area contributed by atoms with Crippen molar-refractivity contribution in [1.29, 1.82) is 0 Å². The standard InChI is InChI=1S/C14H12F3NO2/c1-20-13(19)18-9-3-2-4-12(18)10-5-7-11(8-6-10)14(15,16)17/h2-9,12H,1H3. The summed E-state index contributed by atoms with van der Waals surface area (Å²) in [4.78, 5) is 12.9. The van der Waals surface area contributed by atoms with Crippen molar-refractivity contribution in [2.75, 3.05) is 7.11 Å². The van der Waals surface area contributed by atoms with Crippen LogP contribution in [0.1, 0.15) is 17.2 Å². The number of amides is 1. The molecule has 1 heterocycles. The summed E-state index contributed by atoms with van der Waals surface area (Å²) in [6, 6.07) is 4.23. The average molecular weight is 283 g/mol. The molecular formula is C14H12F3NO2. The van der Waals surface area contributed by atoms with Gasteiger partial charge in [-0.3, -0.25) is 4.90 Å². The molecule has 0 fully saturated rings. The summed E-state index contributed by atoms with van der Waals surface area (Å²) in [6.45, 7) is 0. The lowest BCUT2D eigenvalue weighted by Gasteiger charge is -2.27. The van der Waals surface area contributed by atoms with Crippen LogP contribution in [0.25, 0.3) is 0 Å². The molecule has 3 nitrogen and oxygen atoms in total. The third-order valence-corrected chi connectivity index (χ3v) is 2.92. The van der Waals surface area contributed by atoms with E-state index in [4.69, 9.17) is 0 Å². The molecule has 20 heavy (non-hydrogen) atoms. The first-order valence-corrected chi connectivity index (χ1v) is 5.82. The molecule has 0 saturated carbocycles. The van der Waals surface area contributed by atoms with Crippen LogP contribution in [0.4, 0.5) is 18.0 Å². The molecule has 2 rings (SSSR count). The Morgan fingerprint density at radius 1 is 1.20 bits per heavy atom. The average Bonchev–Trinajstić information content (AvgIpc) is 2.45. The summed E-state index contributed by atoms with van der Waals surface area (Å²) in [5.74, 6) is 0. The van der Waals surface area contributed by atoms with E-state index in [0.29, 0.717) is 5.56 Å². The number of benzene rings is 1. The maximum absolute atomic E-state index is 12.5. The van der Waals surface area contributed by atoms with Gasteiger partial charge in [-0.2, -0.15) is 13.2 Å². The normalized spacial score (nSPS) is 18.2. The summed E-state index contributed by atoms with van der Waals surface area (Å²) in [5, 5.41) is 0. The van der Waals surface area contributed by atoms with Crippen LogP contribution in [-0.2, 0) is 10.9 Å². The van der Waals surface area contributed by atoms with Gasteiger partial charge in [-0.05, 0) is 23.8 Å². The van der Waals surface area contributed by atoms with E-state index in [-0.39, 0.29) is 0 Å². The highest BCUT2D eigenvalue weighted by molar-refractivity contribution is 5.70. The Bertz CT molecular complexity index is 547. The van der Waals surface area contributed by atoms with E-state index in [1.807, 2.05) is 0 Å². The summed E-state index contributed by atoms with van der Waals surface area (Å²) in [6.07, 6.45) is 1.66. The summed E-state index contributed by atoms with van der Waals surface area (Å²) >= 11 is 0. The second-order valence-corrected chi connectivity index (χ2v) is 4.17. The molecular weight excluding hydrogens is 271 g/mol. The van der Waals surface area contributed by atoms with E-state index in [2.05, 4.69) is 4.74 Å². The molecule has 0 aliphatic carbocycles. The van der Waals surface area contributed by atoms with Crippen molar-refractivity contribution < 1.29 is 22.7 Å². The summed E-state index contributed by atoms with van der Waals surface area (Å²) in [7, 11) is 1.25. The third-order valence-electron chi connectivity index (χ3n) is 2.92. The Kier molecular flexibility index (Phi) is 3.83. The fourth-order valence-corrected chi connectivity index (χ4v) is 1.92. The van der Waals surface area contributed by atoms with Gasteiger partial charge in [0.25, 0.3) is 0 Å². The van der Waals surface area contributed by atoms with Crippen LogP contribution in [0, 0.1) is 0 Å². The van der Waals surface area contributed by atoms with Crippen LogP contribution in [0.2, 0.25) is 0 Å². The summed E-state index contributed by atoms with van der Waals surface area (Å²) in [5.41, 5.74) is -0.148. The smallest absolute Gasteiger partial charge is 0.416 e. The molecule has 0 bridgehead atoms. The van der Waals surface area contributed by atoms with Gasteiger partial charge in [0.15, 0.2) is 0 Å². The predicted molar refractivity (Wildman–Crippen MR) is 66.7 cm³/mol. The quantitative estimate of drug-likeness (QED) is 0.782. The van der Waals surface area contributed by atoms with Gasteiger partial charge >= 0.3 is 12.3 Å². The Balaban J connectivity index is 2.28. The number of allylic oxidation sites excluding steroid dienone is 2. The van der Waals surface area contributed by atoms with E-state index in [9.17, 15) is 18.0 Å². The second kappa shape index (κ2) is 5.40. The molecule has 1 aromatic rings. The minimum absolute atomic E-state index is 0.477. The number of methoxy groups -OCH3 is 1. The zero-order valence-corrected chi connectivity index (χ0v) is 10.6. The number of nitrogens with zero attached hydrogens (tertiary/aromatic N) is 1. The van der Waals surface area contributed by atoms with Gasteiger partial charge in [-0.1, -0.05) is 24.3 Å². The number of carbonyl (C=O) groups is 1. The molecule has 1 aliphatic heterocycles. The zero-order chi connectivity index (χ0) is 14.8. The molecule has 1 aliphatic rings. The lowest BCUT2D eigenvalue weighted by Crippen LogP contribution is -2.30. The largest absolute Gasteiger partial charge is 0.452 e. The Labute approximate surface area is 113 Å². The topological polar surface area (TPSA) is 29.5 Å².